The summed E-state index contributed by atoms with van der Waals surface area (Å²) < 4.78 is 23.0. The number of anilines is 1. The highest BCUT2D eigenvalue weighted by molar-refractivity contribution is 7.91. The predicted molar refractivity (Wildman–Crippen MR) is 69.9 cm³/mol. The first kappa shape index (κ1) is 13.4. The third kappa shape index (κ3) is 2.88. The Labute approximate surface area is 111 Å². The van der Waals surface area contributed by atoms with Gasteiger partial charge in [0.25, 0.3) is 5.91 Å². The van der Waals surface area contributed by atoms with Gasteiger partial charge in [0.1, 0.15) is 11.5 Å². The molecule has 1 saturated heterocycles. The molecule has 1 unspecified atom stereocenters. The number of nitrogens with one attached hydrogen (secondary N) is 1. The summed E-state index contributed by atoms with van der Waals surface area (Å²) >= 11 is 0. The lowest BCUT2D eigenvalue weighted by atomic mass is 10.2. The van der Waals surface area contributed by atoms with E-state index >= 15 is 0 Å². The summed E-state index contributed by atoms with van der Waals surface area (Å²) in [6.07, 6.45) is 5.64. The van der Waals surface area contributed by atoms with E-state index in [9.17, 15) is 13.2 Å². The zero-order valence-corrected chi connectivity index (χ0v) is 11.0. The number of hydrogen-bond acceptors (Lipinski definition) is 5. The largest absolute Gasteiger partial charge is 0.382 e. The van der Waals surface area contributed by atoms with Crippen molar-refractivity contribution in [3.63, 3.8) is 0 Å². The number of nitrogen functional groups attached to an aromatic ring is 1. The Kier molecular flexibility index (Phi) is 3.48. The Morgan fingerprint density at radius 3 is 2.89 bits per heavy atom. The lowest BCUT2D eigenvalue weighted by molar-refractivity contribution is 0.0718. The van der Waals surface area contributed by atoms with Gasteiger partial charge in [-0.15, -0.1) is 6.42 Å². The molecule has 0 saturated carbocycles. The second-order valence-corrected chi connectivity index (χ2v) is 6.63. The maximum atomic E-state index is 12.3. The van der Waals surface area contributed by atoms with Crippen LogP contribution in [0.3, 0.4) is 0 Å². The van der Waals surface area contributed by atoms with Crippen LogP contribution in [0.5, 0.6) is 0 Å². The number of hydrogen-bond donors (Lipinski definition) is 2. The summed E-state index contributed by atoms with van der Waals surface area (Å²) in [6, 6.07) is 1.01. The van der Waals surface area contributed by atoms with Crippen LogP contribution in [0.1, 0.15) is 16.9 Å². The number of nitrogens with zero attached hydrogens (tertiary/aromatic N) is 2. The molecule has 2 rings (SSSR count). The van der Waals surface area contributed by atoms with E-state index in [0.717, 1.165) is 0 Å². The van der Waals surface area contributed by atoms with E-state index in [-0.39, 0.29) is 35.5 Å². The van der Waals surface area contributed by atoms with Crippen molar-refractivity contribution in [3.05, 3.63) is 11.8 Å². The smallest absolute Gasteiger partial charge is 0.273 e. The Hall–Kier alpha value is -2.01. The maximum absolute atomic E-state index is 12.3. The van der Waals surface area contributed by atoms with Gasteiger partial charge in [-0.3, -0.25) is 9.89 Å². The van der Waals surface area contributed by atoms with Gasteiger partial charge in [0.2, 0.25) is 0 Å². The van der Waals surface area contributed by atoms with Crippen molar-refractivity contribution in [2.45, 2.75) is 12.5 Å². The van der Waals surface area contributed by atoms with Gasteiger partial charge in [-0.25, -0.2) is 8.42 Å². The fraction of sp³-hybridized carbons (Fsp3) is 0.455. The number of nitrogens with two attached hydrogens (primary N) is 1. The Balaban J connectivity index is 2.21. The Bertz CT molecular complexity index is 629. The molecule has 1 aliphatic rings. The number of aromatic amines is 1. The van der Waals surface area contributed by atoms with Gasteiger partial charge in [-0.2, -0.15) is 5.10 Å². The standard InChI is InChI=1S/C11H14N4O3S/c1-2-4-15(8-3-5-19(17,18)7-8)11(16)9-6-10(12)14-13-9/h1,6,8H,3-5,7H2,(H3,12,13,14). The van der Waals surface area contributed by atoms with Gasteiger partial charge in [0.15, 0.2) is 9.84 Å². The molecular formula is C11H14N4O3S. The number of amides is 1. The van der Waals surface area contributed by atoms with Crippen LogP contribution in [0, 0.1) is 12.3 Å². The second-order valence-electron chi connectivity index (χ2n) is 4.40. The van der Waals surface area contributed by atoms with E-state index in [1.807, 2.05) is 0 Å². The van der Waals surface area contributed by atoms with Gasteiger partial charge >= 0.3 is 0 Å². The SMILES string of the molecule is C#CCN(C(=O)c1cc(N)n[nH]1)C1CCS(=O)(=O)C1. The summed E-state index contributed by atoms with van der Waals surface area (Å²) in [5.74, 6) is 2.22. The molecule has 1 aromatic heterocycles. The molecule has 1 fully saturated rings. The van der Waals surface area contributed by atoms with Crippen LogP contribution in [0.15, 0.2) is 6.07 Å². The minimum Gasteiger partial charge on any atom is -0.382 e. The normalized spacial score (nSPS) is 20.9. The molecule has 8 heteroatoms. The molecule has 1 aliphatic heterocycles. The number of terminal acetylenes is 1. The van der Waals surface area contributed by atoms with E-state index in [1.165, 1.54) is 11.0 Å². The van der Waals surface area contributed by atoms with Gasteiger partial charge in [0, 0.05) is 12.1 Å². The molecular weight excluding hydrogens is 268 g/mol. The van der Waals surface area contributed by atoms with Gasteiger partial charge < -0.3 is 10.6 Å². The average molecular weight is 282 g/mol. The van der Waals surface area contributed by atoms with Crippen LogP contribution in [0.25, 0.3) is 0 Å². The van der Waals surface area contributed by atoms with Crippen LogP contribution in [-0.4, -0.2) is 53.5 Å². The lowest BCUT2D eigenvalue weighted by Gasteiger charge is -2.25. The summed E-state index contributed by atoms with van der Waals surface area (Å²) in [6.45, 7) is 0.0535. The summed E-state index contributed by atoms with van der Waals surface area (Å²) in [5, 5.41) is 6.17. The Morgan fingerprint density at radius 1 is 1.68 bits per heavy atom. The van der Waals surface area contributed by atoms with Gasteiger partial charge in [0.05, 0.1) is 18.1 Å². The molecule has 1 amide bonds. The van der Waals surface area contributed by atoms with E-state index in [4.69, 9.17) is 12.2 Å². The molecule has 0 bridgehead atoms. The summed E-state index contributed by atoms with van der Waals surface area (Å²) in [4.78, 5) is 13.6. The molecule has 0 aromatic carbocycles. The molecule has 0 aliphatic carbocycles. The molecule has 1 aromatic rings. The van der Waals surface area contributed by atoms with E-state index in [0.29, 0.717) is 6.42 Å². The highest BCUT2D eigenvalue weighted by Crippen LogP contribution is 2.19. The Morgan fingerprint density at radius 2 is 2.42 bits per heavy atom. The van der Waals surface area contributed by atoms with Gasteiger partial charge in [-0.1, -0.05) is 5.92 Å². The van der Waals surface area contributed by atoms with Crippen molar-refractivity contribution >= 4 is 21.6 Å². The summed E-state index contributed by atoms with van der Waals surface area (Å²) in [7, 11) is -3.08. The predicted octanol–water partition coefficient (Wildman–Crippen LogP) is -0.746. The highest BCUT2D eigenvalue weighted by atomic mass is 32.2. The fourth-order valence-corrected chi connectivity index (χ4v) is 3.82. The first-order chi connectivity index (χ1) is 8.93. The number of carbonyl (C=O) groups excluding carboxylic acids is 1. The summed E-state index contributed by atoms with van der Waals surface area (Å²) in [5.41, 5.74) is 5.64. The molecule has 7 nitrogen and oxygen atoms in total. The minimum atomic E-state index is -3.08. The first-order valence-electron chi connectivity index (χ1n) is 5.68. The van der Waals surface area contributed by atoms with Crippen molar-refractivity contribution in [1.29, 1.82) is 0 Å². The van der Waals surface area contributed by atoms with Crippen LogP contribution in [0.4, 0.5) is 5.82 Å². The van der Waals surface area contributed by atoms with Crippen LogP contribution < -0.4 is 5.73 Å². The molecule has 19 heavy (non-hydrogen) atoms. The number of sulfone groups is 1. The number of aromatic nitrogens is 2. The maximum Gasteiger partial charge on any atom is 0.273 e. The molecule has 3 N–H and O–H groups in total. The van der Waals surface area contributed by atoms with Crippen molar-refractivity contribution in [1.82, 2.24) is 15.1 Å². The molecule has 102 valence electrons. The third-order valence-electron chi connectivity index (χ3n) is 3.00. The molecule has 0 spiro atoms. The van der Waals surface area contributed by atoms with Crippen molar-refractivity contribution in [2.75, 3.05) is 23.8 Å². The van der Waals surface area contributed by atoms with Crippen molar-refractivity contribution < 1.29 is 13.2 Å². The highest BCUT2D eigenvalue weighted by Gasteiger charge is 2.35. The number of H-pyrrole nitrogens is 1. The topological polar surface area (TPSA) is 109 Å². The van der Waals surface area contributed by atoms with Crippen LogP contribution >= 0.6 is 0 Å². The zero-order chi connectivity index (χ0) is 14.0. The minimum absolute atomic E-state index is 0.0515. The molecule has 0 radical (unpaired) electrons. The molecule has 2 heterocycles. The van der Waals surface area contributed by atoms with E-state index in [2.05, 4.69) is 16.1 Å². The zero-order valence-electron chi connectivity index (χ0n) is 10.2. The van der Waals surface area contributed by atoms with E-state index < -0.39 is 15.9 Å². The van der Waals surface area contributed by atoms with Crippen molar-refractivity contribution in [2.24, 2.45) is 0 Å². The monoisotopic (exact) mass is 282 g/mol. The first-order valence-corrected chi connectivity index (χ1v) is 7.51. The van der Waals surface area contributed by atoms with Crippen molar-refractivity contribution in [3.8, 4) is 12.3 Å². The quantitative estimate of drug-likeness (QED) is 0.709. The second kappa shape index (κ2) is 4.93. The number of carbonyl (C=O) groups is 1. The number of rotatable bonds is 3. The fourth-order valence-electron chi connectivity index (χ4n) is 2.09. The average Bonchev–Trinajstić information content (AvgIpc) is 2.91. The van der Waals surface area contributed by atoms with E-state index in [1.54, 1.807) is 0 Å². The van der Waals surface area contributed by atoms with Crippen LogP contribution in [-0.2, 0) is 9.84 Å². The lowest BCUT2D eigenvalue weighted by Crippen LogP contribution is -2.41. The molecule has 1 atom stereocenters. The van der Waals surface area contributed by atoms with Gasteiger partial charge in [-0.05, 0) is 6.42 Å². The third-order valence-corrected chi connectivity index (χ3v) is 4.75. The van der Waals surface area contributed by atoms with Crippen LogP contribution in [0.2, 0.25) is 0 Å².